The smallest absolute Gasteiger partial charge is 0.119 e. The highest BCUT2D eigenvalue weighted by Crippen LogP contribution is 2.40. The number of ether oxygens (including phenoxy) is 1. The molecule has 5 aromatic rings. The fourth-order valence-corrected chi connectivity index (χ4v) is 5.05. The van der Waals surface area contributed by atoms with Crippen LogP contribution in [-0.2, 0) is 13.0 Å². The first-order chi connectivity index (χ1) is 15.8. The molecule has 1 aliphatic rings. The Labute approximate surface area is 186 Å². The lowest BCUT2D eigenvalue weighted by Gasteiger charge is -2.36. The van der Waals surface area contributed by atoms with E-state index in [0.717, 1.165) is 36.3 Å². The number of para-hydroxylation sites is 2. The number of fused-ring (bicyclic) bond motifs is 4. The molecule has 1 atom stereocenters. The van der Waals surface area contributed by atoms with Crippen molar-refractivity contribution < 1.29 is 4.74 Å². The summed E-state index contributed by atoms with van der Waals surface area (Å²) in [5.41, 5.74) is 8.22. The van der Waals surface area contributed by atoms with Gasteiger partial charge in [-0.2, -0.15) is 0 Å². The third-order valence-corrected chi connectivity index (χ3v) is 6.50. The lowest BCUT2D eigenvalue weighted by Crippen LogP contribution is -2.35. The van der Waals surface area contributed by atoms with E-state index >= 15 is 0 Å². The number of hydrogen-bond donors (Lipinski definition) is 1. The van der Waals surface area contributed by atoms with Crippen LogP contribution < -0.4 is 4.74 Å². The highest BCUT2D eigenvalue weighted by Gasteiger charge is 2.32. The number of nitrogens with one attached hydrogen (secondary N) is 1. The summed E-state index contributed by atoms with van der Waals surface area (Å²) in [5.74, 6) is 0.877. The van der Waals surface area contributed by atoms with Crippen LogP contribution in [0, 0.1) is 0 Å². The first-order valence-corrected chi connectivity index (χ1v) is 11.0. The minimum absolute atomic E-state index is 0.105. The summed E-state index contributed by atoms with van der Waals surface area (Å²) >= 11 is 0. The standard InChI is InChI=1S/C27H24N4O/c1-32-20-8-4-6-18(16-20)27-26-22(21-9-2-3-10-23(21)30-26)12-15-31(27)17-19-7-5-11-24-25(19)29-14-13-28-24/h2-11,13-14,16,27,30H,12,15,17H2,1H3. The molecule has 0 spiro atoms. The second kappa shape index (κ2) is 7.77. The van der Waals surface area contributed by atoms with Crippen LogP contribution in [0.15, 0.2) is 79.1 Å². The first-order valence-electron chi connectivity index (χ1n) is 11.0. The third kappa shape index (κ3) is 3.13. The lowest BCUT2D eigenvalue weighted by atomic mass is 9.91. The summed E-state index contributed by atoms with van der Waals surface area (Å²) in [6.07, 6.45) is 4.54. The van der Waals surface area contributed by atoms with Crippen molar-refractivity contribution in [3.05, 3.63) is 102 Å². The van der Waals surface area contributed by atoms with Crippen LogP contribution in [0.1, 0.15) is 28.4 Å². The summed E-state index contributed by atoms with van der Waals surface area (Å²) < 4.78 is 5.56. The summed E-state index contributed by atoms with van der Waals surface area (Å²) in [4.78, 5) is 15.4. The molecule has 2 aromatic heterocycles. The molecule has 1 N–H and O–H groups in total. The molecule has 5 heteroatoms. The van der Waals surface area contributed by atoms with Crippen LogP contribution in [-0.4, -0.2) is 33.5 Å². The van der Waals surface area contributed by atoms with Gasteiger partial charge >= 0.3 is 0 Å². The normalized spacial score (nSPS) is 16.3. The second-order valence-corrected chi connectivity index (χ2v) is 8.30. The van der Waals surface area contributed by atoms with Crippen LogP contribution in [0.3, 0.4) is 0 Å². The van der Waals surface area contributed by atoms with Crippen molar-refractivity contribution in [3.63, 3.8) is 0 Å². The van der Waals surface area contributed by atoms with Crippen LogP contribution >= 0.6 is 0 Å². The monoisotopic (exact) mass is 420 g/mol. The van der Waals surface area contributed by atoms with E-state index in [9.17, 15) is 0 Å². The molecule has 1 unspecified atom stereocenters. The van der Waals surface area contributed by atoms with E-state index in [1.165, 1.54) is 33.3 Å². The molecule has 0 saturated carbocycles. The van der Waals surface area contributed by atoms with E-state index in [4.69, 9.17) is 4.74 Å². The van der Waals surface area contributed by atoms with Crippen LogP contribution in [0.5, 0.6) is 5.75 Å². The zero-order valence-electron chi connectivity index (χ0n) is 18.0. The Morgan fingerprint density at radius 1 is 1.00 bits per heavy atom. The summed E-state index contributed by atoms with van der Waals surface area (Å²) in [6, 6.07) is 23.4. The lowest BCUT2D eigenvalue weighted by molar-refractivity contribution is 0.202. The van der Waals surface area contributed by atoms with Crippen molar-refractivity contribution in [3.8, 4) is 5.75 Å². The predicted octanol–water partition coefficient (Wildman–Crippen LogP) is 5.27. The maximum Gasteiger partial charge on any atom is 0.119 e. The first kappa shape index (κ1) is 19.0. The fourth-order valence-electron chi connectivity index (χ4n) is 5.05. The molecule has 0 fully saturated rings. The number of benzene rings is 3. The van der Waals surface area contributed by atoms with Gasteiger partial charge in [-0.15, -0.1) is 0 Å². The van der Waals surface area contributed by atoms with Gasteiger partial charge in [0, 0.05) is 42.1 Å². The number of H-pyrrole nitrogens is 1. The molecule has 0 bridgehead atoms. The van der Waals surface area contributed by atoms with Gasteiger partial charge in [-0.1, -0.05) is 42.5 Å². The van der Waals surface area contributed by atoms with E-state index in [1.54, 1.807) is 19.5 Å². The molecule has 3 heterocycles. The SMILES string of the molecule is COc1cccc(C2c3[nH]c4ccccc4c3CCN2Cc2cccc3nccnc23)c1. The summed E-state index contributed by atoms with van der Waals surface area (Å²) in [5, 5.41) is 1.33. The predicted molar refractivity (Wildman–Crippen MR) is 127 cm³/mol. The fraction of sp³-hybridized carbons (Fsp3) is 0.185. The maximum atomic E-state index is 5.56. The average molecular weight is 421 g/mol. The third-order valence-electron chi connectivity index (χ3n) is 6.50. The van der Waals surface area contributed by atoms with Crippen molar-refractivity contribution >= 4 is 21.9 Å². The van der Waals surface area contributed by atoms with Crippen molar-refractivity contribution in [1.82, 2.24) is 19.9 Å². The summed E-state index contributed by atoms with van der Waals surface area (Å²) in [7, 11) is 1.72. The molecule has 0 saturated heterocycles. The highest BCUT2D eigenvalue weighted by molar-refractivity contribution is 5.85. The molecule has 0 aliphatic carbocycles. The van der Waals surface area contributed by atoms with Crippen LogP contribution in [0.4, 0.5) is 0 Å². The molecule has 5 nitrogen and oxygen atoms in total. The second-order valence-electron chi connectivity index (χ2n) is 8.30. The van der Waals surface area contributed by atoms with Gasteiger partial charge in [0.1, 0.15) is 5.75 Å². The average Bonchev–Trinajstić information content (AvgIpc) is 3.23. The van der Waals surface area contributed by atoms with Crippen LogP contribution in [0.2, 0.25) is 0 Å². The van der Waals surface area contributed by atoms with Gasteiger partial charge < -0.3 is 9.72 Å². The Morgan fingerprint density at radius 3 is 2.81 bits per heavy atom. The Balaban J connectivity index is 1.49. The van der Waals surface area contributed by atoms with Crippen molar-refractivity contribution in [2.75, 3.05) is 13.7 Å². The molecule has 158 valence electrons. The van der Waals surface area contributed by atoms with E-state index in [2.05, 4.69) is 74.4 Å². The molecule has 0 radical (unpaired) electrons. The molecule has 6 rings (SSSR count). The van der Waals surface area contributed by atoms with E-state index in [0.29, 0.717) is 0 Å². The van der Waals surface area contributed by atoms with Gasteiger partial charge in [0.05, 0.1) is 24.2 Å². The molecular formula is C27H24N4O. The zero-order valence-corrected chi connectivity index (χ0v) is 18.0. The Morgan fingerprint density at radius 2 is 1.88 bits per heavy atom. The molecular weight excluding hydrogens is 396 g/mol. The molecule has 1 aliphatic heterocycles. The topological polar surface area (TPSA) is 54.0 Å². The van der Waals surface area contributed by atoms with Gasteiger partial charge in [-0.25, -0.2) is 0 Å². The van der Waals surface area contributed by atoms with E-state index < -0.39 is 0 Å². The van der Waals surface area contributed by atoms with Gasteiger partial charge in [0.25, 0.3) is 0 Å². The largest absolute Gasteiger partial charge is 0.497 e. The van der Waals surface area contributed by atoms with Gasteiger partial charge in [0.2, 0.25) is 0 Å². The van der Waals surface area contributed by atoms with E-state index in [1.807, 2.05) is 12.1 Å². The minimum Gasteiger partial charge on any atom is -0.497 e. The Hall–Kier alpha value is -3.70. The molecule has 3 aromatic carbocycles. The maximum absolute atomic E-state index is 5.56. The number of aromatic nitrogens is 3. The summed E-state index contributed by atoms with van der Waals surface area (Å²) in [6.45, 7) is 1.76. The van der Waals surface area contributed by atoms with Crippen molar-refractivity contribution in [2.24, 2.45) is 0 Å². The van der Waals surface area contributed by atoms with Crippen molar-refractivity contribution in [1.29, 1.82) is 0 Å². The van der Waals surface area contributed by atoms with Crippen LogP contribution in [0.25, 0.3) is 21.9 Å². The minimum atomic E-state index is 0.105. The number of hydrogen-bond acceptors (Lipinski definition) is 4. The highest BCUT2D eigenvalue weighted by atomic mass is 16.5. The molecule has 32 heavy (non-hydrogen) atoms. The number of aromatic amines is 1. The van der Waals surface area contributed by atoms with Gasteiger partial charge in [-0.3, -0.25) is 14.9 Å². The number of nitrogens with zero attached hydrogens (tertiary/aromatic N) is 3. The Bertz CT molecular complexity index is 1420. The van der Waals surface area contributed by atoms with Crippen molar-refractivity contribution in [2.45, 2.75) is 19.0 Å². The quantitative estimate of drug-likeness (QED) is 0.430. The van der Waals surface area contributed by atoms with Gasteiger partial charge in [0.15, 0.2) is 0 Å². The number of methoxy groups -OCH3 is 1. The zero-order chi connectivity index (χ0) is 21.5. The Kier molecular flexibility index (Phi) is 4.62. The van der Waals surface area contributed by atoms with Gasteiger partial charge in [-0.05, 0) is 47.4 Å². The number of rotatable bonds is 4. The van der Waals surface area contributed by atoms with E-state index in [-0.39, 0.29) is 6.04 Å². The molecule has 0 amide bonds.